The summed E-state index contributed by atoms with van der Waals surface area (Å²) in [6.45, 7) is 0. The minimum atomic E-state index is -1.27. The summed E-state index contributed by atoms with van der Waals surface area (Å²) in [7, 11) is 0. The van der Waals surface area contributed by atoms with Gasteiger partial charge < -0.3 is 0 Å². The van der Waals surface area contributed by atoms with Gasteiger partial charge >= 0.3 is 6.03 Å². The predicted molar refractivity (Wildman–Crippen MR) is 105 cm³/mol. The van der Waals surface area contributed by atoms with Gasteiger partial charge in [-0.25, -0.2) is 14.7 Å². The molecule has 0 bridgehead atoms. The summed E-state index contributed by atoms with van der Waals surface area (Å²) in [5, 5.41) is 12.5. The smallest absolute Gasteiger partial charge is 0.276 e. The van der Waals surface area contributed by atoms with Gasteiger partial charge in [-0.1, -0.05) is 11.6 Å². The predicted octanol–water partition coefficient (Wildman–Crippen LogP) is 3.36. The van der Waals surface area contributed by atoms with Crippen LogP contribution in [0, 0.1) is 17.2 Å². The molecule has 1 unspecified atom stereocenters. The maximum Gasteiger partial charge on any atom is 0.335 e. The molecule has 1 aromatic heterocycles. The van der Waals surface area contributed by atoms with Crippen LogP contribution in [0.25, 0.3) is 0 Å². The first kappa shape index (κ1) is 18.3. The second kappa shape index (κ2) is 7.19. The van der Waals surface area contributed by atoms with Crippen molar-refractivity contribution in [2.24, 2.45) is 10.9 Å². The number of hydrogen-bond acceptors (Lipinski definition) is 6. The molecule has 2 aliphatic rings. The number of imide groups is 2. The van der Waals surface area contributed by atoms with Gasteiger partial charge in [-0.3, -0.25) is 14.9 Å². The lowest BCUT2D eigenvalue weighted by atomic mass is 10.1. The number of carbonyl (C=O) groups is 3. The van der Waals surface area contributed by atoms with Crippen LogP contribution in [0.2, 0.25) is 5.02 Å². The number of amides is 4. The number of benzene rings is 1. The monoisotopic (exact) mass is 412 g/mol. The molecule has 2 heterocycles. The van der Waals surface area contributed by atoms with Crippen LogP contribution in [0.4, 0.5) is 15.5 Å². The van der Waals surface area contributed by atoms with Crippen molar-refractivity contribution in [1.29, 1.82) is 5.26 Å². The molecule has 1 aliphatic heterocycles. The van der Waals surface area contributed by atoms with Gasteiger partial charge in [0.1, 0.15) is 11.1 Å². The van der Waals surface area contributed by atoms with Crippen LogP contribution >= 0.6 is 22.9 Å². The van der Waals surface area contributed by atoms with Crippen LogP contribution in [0.5, 0.6) is 0 Å². The standard InChI is InChI=1S/C19H13ClN4O3S/c20-10-4-6-11(7-5-10)24-18(26)14(16(25)23-19(24)27)9-22-17-13(8-21)12-2-1-3-15(12)28-17/h4-7,9,14H,1-3H2,(H,23,25,27). The van der Waals surface area contributed by atoms with Crippen molar-refractivity contribution >= 4 is 57.7 Å². The zero-order valence-corrected chi connectivity index (χ0v) is 16.0. The van der Waals surface area contributed by atoms with Crippen molar-refractivity contribution in [3.05, 3.63) is 45.3 Å². The fourth-order valence-electron chi connectivity index (χ4n) is 3.29. The third-order valence-corrected chi connectivity index (χ3v) is 6.09. The van der Waals surface area contributed by atoms with Gasteiger partial charge in [0.15, 0.2) is 5.92 Å². The highest BCUT2D eigenvalue weighted by Gasteiger charge is 2.40. The summed E-state index contributed by atoms with van der Waals surface area (Å²) in [5.74, 6) is -2.72. The van der Waals surface area contributed by atoms with Gasteiger partial charge in [0.25, 0.3) is 5.91 Å². The zero-order chi connectivity index (χ0) is 19.8. The quantitative estimate of drug-likeness (QED) is 0.616. The molecule has 1 atom stereocenters. The summed E-state index contributed by atoms with van der Waals surface area (Å²) in [6.07, 6.45) is 3.97. The van der Waals surface area contributed by atoms with Crippen molar-refractivity contribution in [2.75, 3.05) is 4.90 Å². The number of nitriles is 1. The molecular weight excluding hydrogens is 400 g/mol. The summed E-state index contributed by atoms with van der Waals surface area (Å²) in [4.78, 5) is 43.5. The van der Waals surface area contributed by atoms with Crippen LogP contribution in [-0.4, -0.2) is 24.1 Å². The lowest BCUT2D eigenvalue weighted by molar-refractivity contribution is -0.131. The zero-order valence-electron chi connectivity index (χ0n) is 14.4. The number of aryl methyl sites for hydroxylation is 1. The number of nitrogens with one attached hydrogen (secondary N) is 1. The third-order valence-electron chi connectivity index (χ3n) is 4.64. The van der Waals surface area contributed by atoms with Crippen LogP contribution in [0.15, 0.2) is 29.3 Å². The molecule has 28 heavy (non-hydrogen) atoms. The minimum absolute atomic E-state index is 0.297. The van der Waals surface area contributed by atoms with E-state index in [-0.39, 0.29) is 0 Å². The van der Waals surface area contributed by atoms with Crippen LogP contribution in [0.3, 0.4) is 0 Å². The Bertz CT molecular complexity index is 1070. The summed E-state index contributed by atoms with van der Waals surface area (Å²) < 4.78 is 0. The molecule has 0 spiro atoms. The Morgan fingerprint density at radius 2 is 2.00 bits per heavy atom. The fraction of sp³-hybridized carbons (Fsp3) is 0.211. The Morgan fingerprint density at radius 3 is 2.71 bits per heavy atom. The Balaban J connectivity index is 1.64. The Labute approximate surface area is 169 Å². The van der Waals surface area contributed by atoms with Gasteiger partial charge in [-0.05, 0) is 49.1 Å². The Kier molecular flexibility index (Phi) is 4.71. The normalized spacial score (nSPS) is 19.1. The molecule has 1 aliphatic carbocycles. The van der Waals surface area contributed by atoms with Crippen LogP contribution in [-0.2, 0) is 22.4 Å². The molecule has 1 saturated heterocycles. The van der Waals surface area contributed by atoms with Crippen LogP contribution in [0.1, 0.15) is 22.4 Å². The van der Waals surface area contributed by atoms with E-state index in [1.54, 1.807) is 12.1 Å². The van der Waals surface area contributed by atoms with Gasteiger partial charge in [0.2, 0.25) is 5.91 Å². The topological polar surface area (TPSA) is 103 Å². The molecule has 0 saturated carbocycles. The highest BCUT2D eigenvalue weighted by atomic mass is 35.5. The van der Waals surface area contributed by atoms with Crippen LogP contribution < -0.4 is 10.2 Å². The van der Waals surface area contributed by atoms with E-state index in [2.05, 4.69) is 16.4 Å². The largest absolute Gasteiger partial charge is 0.335 e. The van der Waals surface area contributed by atoms with Gasteiger partial charge in [0.05, 0.1) is 11.3 Å². The molecule has 1 fully saturated rings. The number of rotatable bonds is 3. The van der Waals surface area contributed by atoms with Crippen molar-refractivity contribution in [2.45, 2.75) is 19.3 Å². The lowest BCUT2D eigenvalue weighted by Gasteiger charge is -2.28. The summed E-state index contributed by atoms with van der Waals surface area (Å²) in [5.41, 5.74) is 1.81. The number of aliphatic imine (C=N–C) groups is 1. The number of fused-ring (bicyclic) bond motifs is 1. The molecule has 0 radical (unpaired) electrons. The number of barbiturate groups is 1. The van der Waals surface area contributed by atoms with Crippen molar-refractivity contribution in [1.82, 2.24) is 5.32 Å². The van der Waals surface area contributed by atoms with E-state index in [1.165, 1.54) is 29.7 Å². The summed E-state index contributed by atoms with van der Waals surface area (Å²) >= 11 is 7.25. The second-order valence-corrected chi connectivity index (χ2v) is 7.87. The maximum absolute atomic E-state index is 12.8. The first-order valence-corrected chi connectivity index (χ1v) is 9.72. The lowest BCUT2D eigenvalue weighted by Crippen LogP contribution is -2.58. The van der Waals surface area contributed by atoms with E-state index >= 15 is 0 Å². The van der Waals surface area contributed by atoms with Gasteiger partial charge in [-0.2, -0.15) is 5.26 Å². The van der Waals surface area contributed by atoms with Crippen molar-refractivity contribution in [3.8, 4) is 6.07 Å². The number of thiophene rings is 1. The second-order valence-electron chi connectivity index (χ2n) is 6.35. The molecule has 9 heteroatoms. The highest BCUT2D eigenvalue weighted by Crippen LogP contribution is 2.40. The number of carbonyl (C=O) groups excluding carboxylic acids is 3. The molecular formula is C19H13ClN4O3S. The third kappa shape index (κ3) is 3.09. The summed E-state index contributed by atoms with van der Waals surface area (Å²) in [6, 6.07) is 7.46. The molecule has 2 aromatic rings. The fourth-order valence-corrected chi connectivity index (χ4v) is 4.61. The number of nitrogens with zero attached hydrogens (tertiary/aromatic N) is 3. The Hall–Kier alpha value is -3.02. The van der Waals surface area contributed by atoms with E-state index in [4.69, 9.17) is 11.6 Å². The number of hydrogen-bond donors (Lipinski definition) is 1. The highest BCUT2D eigenvalue weighted by molar-refractivity contribution is 7.16. The molecule has 1 aromatic carbocycles. The average Bonchev–Trinajstić information content (AvgIpc) is 3.23. The maximum atomic E-state index is 12.8. The van der Waals surface area contributed by atoms with Crippen molar-refractivity contribution < 1.29 is 14.4 Å². The SMILES string of the molecule is N#Cc1c(N=CC2C(=O)NC(=O)N(c3ccc(Cl)cc3)C2=O)sc2c1CCC2. The first-order chi connectivity index (χ1) is 13.5. The number of urea groups is 1. The molecule has 1 N–H and O–H groups in total. The molecule has 140 valence electrons. The van der Waals surface area contributed by atoms with Crippen molar-refractivity contribution in [3.63, 3.8) is 0 Å². The number of halogens is 1. The first-order valence-electron chi connectivity index (χ1n) is 8.52. The van der Waals surface area contributed by atoms with E-state index in [1.807, 2.05) is 0 Å². The van der Waals surface area contributed by atoms with E-state index < -0.39 is 23.8 Å². The van der Waals surface area contributed by atoms with E-state index in [0.717, 1.165) is 34.6 Å². The number of anilines is 1. The molecule has 4 amide bonds. The molecule has 7 nitrogen and oxygen atoms in total. The Morgan fingerprint density at radius 1 is 1.25 bits per heavy atom. The van der Waals surface area contributed by atoms with Gasteiger partial charge in [-0.15, -0.1) is 11.3 Å². The van der Waals surface area contributed by atoms with Gasteiger partial charge in [0, 0.05) is 16.1 Å². The molecule has 4 rings (SSSR count). The minimum Gasteiger partial charge on any atom is -0.276 e. The van der Waals surface area contributed by atoms with E-state index in [0.29, 0.717) is 21.3 Å². The van der Waals surface area contributed by atoms with E-state index in [9.17, 15) is 19.6 Å². The average molecular weight is 413 g/mol.